The van der Waals surface area contributed by atoms with Crippen LogP contribution in [0.1, 0.15) is 39.0 Å². The van der Waals surface area contributed by atoms with Gasteiger partial charge in [-0.3, -0.25) is 28.8 Å². The molecule has 0 saturated heterocycles. The minimum atomic E-state index is -1.84. The molecule has 32 heavy (non-hydrogen) atoms. The normalized spacial score (nSPS) is 14.2. The smallest absolute Gasteiger partial charge is 0.326 e. The summed E-state index contributed by atoms with van der Waals surface area (Å²) in [5, 5.41) is 33.0. The lowest BCUT2D eigenvalue weighted by molar-refractivity contribution is -0.147. The number of amides is 4. The minimum absolute atomic E-state index is 0.260. The van der Waals surface area contributed by atoms with Crippen LogP contribution in [0.3, 0.4) is 0 Å². The van der Waals surface area contributed by atoms with Crippen LogP contribution in [-0.2, 0) is 33.6 Å². The molecule has 0 aromatic rings. The van der Waals surface area contributed by atoms with Gasteiger partial charge in [-0.2, -0.15) is 0 Å². The van der Waals surface area contributed by atoms with Crippen LogP contribution >= 0.6 is 0 Å². The first-order valence-corrected chi connectivity index (χ1v) is 9.36. The monoisotopic (exact) mass is 461 g/mol. The van der Waals surface area contributed by atoms with Crippen LogP contribution in [0.4, 0.5) is 0 Å². The van der Waals surface area contributed by atoms with Crippen LogP contribution in [0.5, 0.6) is 0 Å². The summed E-state index contributed by atoms with van der Waals surface area (Å²) in [6.45, 7) is 1.33. The van der Waals surface area contributed by atoms with Crippen molar-refractivity contribution in [3.63, 3.8) is 0 Å². The lowest BCUT2D eigenvalue weighted by atomic mass is 10.1. The number of carboxylic acids is 3. The van der Waals surface area contributed by atoms with Crippen LogP contribution in [0.15, 0.2) is 0 Å². The van der Waals surface area contributed by atoms with Crippen molar-refractivity contribution in [2.45, 2.75) is 63.2 Å². The highest BCUT2D eigenvalue weighted by Gasteiger charge is 2.31. The summed E-state index contributed by atoms with van der Waals surface area (Å²) < 4.78 is 0. The number of nitrogens with one attached hydrogen (secondary N) is 3. The Kier molecular flexibility index (Phi) is 11.9. The van der Waals surface area contributed by atoms with E-state index in [2.05, 4.69) is 10.6 Å². The SMILES string of the molecule is CC(N)C(=O)NC(CCC(N)=O)C(=O)NC(CCC(=O)O)C(=O)NC(CC(=O)O)C(=O)O. The second-order valence-electron chi connectivity index (χ2n) is 6.85. The number of hydrogen-bond acceptors (Lipinski definition) is 8. The quantitative estimate of drug-likeness (QED) is 0.118. The molecule has 0 radical (unpaired) electrons. The molecule has 4 unspecified atom stereocenters. The predicted octanol–water partition coefficient (Wildman–Crippen LogP) is -3.52. The summed E-state index contributed by atoms with van der Waals surface area (Å²) in [5.74, 6) is -8.18. The maximum atomic E-state index is 12.6. The van der Waals surface area contributed by atoms with Crippen LogP contribution in [0.2, 0.25) is 0 Å². The molecular weight excluding hydrogens is 434 g/mol. The van der Waals surface area contributed by atoms with Gasteiger partial charge in [-0.05, 0) is 19.8 Å². The highest BCUT2D eigenvalue weighted by atomic mass is 16.4. The number of carbonyl (C=O) groups is 7. The molecule has 180 valence electrons. The van der Waals surface area contributed by atoms with E-state index in [9.17, 15) is 33.6 Å². The van der Waals surface area contributed by atoms with Crippen LogP contribution < -0.4 is 27.4 Å². The van der Waals surface area contributed by atoms with E-state index in [1.165, 1.54) is 6.92 Å². The van der Waals surface area contributed by atoms with Gasteiger partial charge in [-0.15, -0.1) is 0 Å². The number of nitrogens with two attached hydrogens (primary N) is 2. The van der Waals surface area contributed by atoms with Gasteiger partial charge < -0.3 is 42.7 Å². The van der Waals surface area contributed by atoms with Crippen LogP contribution in [0.25, 0.3) is 0 Å². The summed E-state index contributed by atoms with van der Waals surface area (Å²) in [4.78, 5) is 80.8. The summed E-state index contributed by atoms with van der Waals surface area (Å²) >= 11 is 0. The van der Waals surface area contributed by atoms with Crippen molar-refractivity contribution in [1.29, 1.82) is 0 Å². The Balaban J connectivity index is 5.56. The first-order valence-electron chi connectivity index (χ1n) is 9.36. The van der Waals surface area contributed by atoms with Crippen LogP contribution in [-0.4, -0.2) is 81.0 Å². The van der Waals surface area contributed by atoms with Gasteiger partial charge in [-0.25, -0.2) is 4.79 Å². The zero-order valence-electron chi connectivity index (χ0n) is 17.2. The highest BCUT2D eigenvalue weighted by molar-refractivity contribution is 5.95. The zero-order valence-corrected chi connectivity index (χ0v) is 17.2. The number of carbonyl (C=O) groups excluding carboxylic acids is 4. The second kappa shape index (κ2) is 13.5. The Hall–Kier alpha value is -3.75. The van der Waals surface area contributed by atoms with Gasteiger partial charge in [0.2, 0.25) is 23.6 Å². The largest absolute Gasteiger partial charge is 0.481 e. The standard InChI is InChI=1S/C17H27N5O10/c1-7(18)14(28)20-8(2-4-11(19)23)15(29)21-9(3-5-12(24)25)16(30)22-10(17(31)32)6-13(26)27/h7-10H,2-6,18H2,1H3,(H2,19,23)(H,20,28)(H,21,29)(H,22,30)(H,24,25)(H,26,27)(H,31,32). The summed E-state index contributed by atoms with van der Waals surface area (Å²) in [5.41, 5.74) is 10.5. The van der Waals surface area contributed by atoms with E-state index < -0.39 is 85.0 Å². The molecule has 0 fully saturated rings. The molecule has 0 aliphatic heterocycles. The highest BCUT2D eigenvalue weighted by Crippen LogP contribution is 2.05. The molecule has 4 amide bonds. The fourth-order valence-electron chi connectivity index (χ4n) is 2.31. The topological polar surface area (TPSA) is 268 Å². The van der Waals surface area contributed by atoms with Crippen molar-refractivity contribution in [2.24, 2.45) is 11.5 Å². The lowest BCUT2D eigenvalue weighted by Crippen LogP contribution is -2.57. The maximum absolute atomic E-state index is 12.6. The van der Waals surface area contributed by atoms with Gasteiger partial charge in [0.15, 0.2) is 0 Å². The van der Waals surface area contributed by atoms with E-state index >= 15 is 0 Å². The lowest BCUT2D eigenvalue weighted by Gasteiger charge is -2.24. The van der Waals surface area contributed by atoms with Crippen molar-refractivity contribution in [3.8, 4) is 0 Å². The average Bonchev–Trinajstić information content (AvgIpc) is 2.66. The zero-order chi connectivity index (χ0) is 25.0. The molecule has 4 atom stereocenters. The second-order valence-corrected chi connectivity index (χ2v) is 6.85. The average molecular weight is 461 g/mol. The Morgan fingerprint density at radius 2 is 1.16 bits per heavy atom. The molecule has 0 aliphatic carbocycles. The van der Waals surface area contributed by atoms with Crippen molar-refractivity contribution in [1.82, 2.24) is 16.0 Å². The third kappa shape index (κ3) is 11.4. The number of carboxylic acid groups (broad SMARTS) is 3. The molecular formula is C17H27N5O10. The number of rotatable bonds is 15. The molecule has 15 nitrogen and oxygen atoms in total. The fourth-order valence-corrected chi connectivity index (χ4v) is 2.31. The Morgan fingerprint density at radius 1 is 0.719 bits per heavy atom. The Morgan fingerprint density at radius 3 is 1.53 bits per heavy atom. The van der Waals surface area contributed by atoms with Gasteiger partial charge in [0.05, 0.1) is 12.5 Å². The van der Waals surface area contributed by atoms with Gasteiger partial charge in [-0.1, -0.05) is 0 Å². The summed E-state index contributed by atoms with van der Waals surface area (Å²) in [6, 6.07) is -5.81. The molecule has 0 aromatic heterocycles. The van der Waals surface area contributed by atoms with Crippen molar-refractivity contribution >= 4 is 41.5 Å². The van der Waals surface area contributed by atoms with E-state index in [0.717, 1.165) is 0 Å². The maximum Gasteiger partial charge on any atom is 0.326 e. The van der Waals surface area contributed by atoms with E-state index in [1.807, 2.05) is 5.32 Å². The molecule has 0 bridgehead atoms. The van der Waals surface area contributed by atoms with Gasteiger partial charge in [0.25, 0.3) is 0 Å². The molecule has 0 spiro atoms. The van der Waals surface area contributed by atoms with E-state index in [-0.39, 0.29) is 12.8 Å². The molecule has 0 aliphatic rings. The van der Waals surface area contributed by atoms with Gasteiger partial charge >= 0.3 is 17.9 Å². The first-order chi connectivity index (χ1) is 14.7. The minimum Gasteiger partial charge on any atom is -0.481 e. The predicted molar refractivity (Wildman–Crippen MR) is 105 cm³/mol. The van der Waals surface area contributed by atoms with Gasteiger partial charge in [0, 0.05) is 12.8 Å². The molecule has 0 saturated carbocycles. The molecule has 15 heteroatoms. The van der Waals surface area contributed by atoms with Gasteiger partial charge in [0.1, 0.15) is 18.1 Å². The van der Waals surface area contributed by atoms with Crippen LogP contribution in [0, 0.1) is 0 Å². The van der Waals surface area contributed by atoms with Crippen molar-refractivity contribution < 1.29 is 48.9 Å². The molecule has 10 N–H and O–H groups in total. The van der Waals surface area contributed by atoms with E-state index in [0.29, 0.717) is 0 Å². The fraction of sp³-hybridized carbons (Fsp3) is 0.588. The van der Waals surface area contributed by atoms with Crippen molar-refractivity contribution in [2.75, 3.05) is 0 Å². The number of hydrogen-bond donors (Lipinski definition) is 8. The summed E-state index contributed by atoms with van der Waals surface area (Å²) in [6.07, 6.45) is -2.62. The number of primary amides is 1. The Bertz CT molecular complexity index is 754. The van der Waals surface area contributed by atoms with Crippen molar-refractivity contribution in [3.05, 3.63) is 0 Å². The summed E-state index contributed by atoms with van der Waals surface area (Å²) in [7, 11) is 0. The molecule has 0 aromatic carbocycles. The third-order valence-corrected chi connectivity index (χ3v) is 4.00. The molecule has 0 heterocycles. The third-order valence-electron chi connectivity index (χ3n) is 4.00. The Labute approximate surface area is 181 Å². The molecule has 0 rings (SSSR count). The first kappa shape index (κ1) is 28.2. The van der Waals surface area contributed by atoms with E-state index in [4.69, 9.17) is 26.8 Å². The number of aliphatic carboxylic acids is 3. The van der Waals surface area contributed by atoms with E-state index in [1.54, 1.807) is 0 Å².